The maximum atomic E-state index is 11.4. The van der Waals surface area contributed by atoms with Gasteiger partial charge in [-0.3, -0.25) is 4.90 Å². The highest BCUT2D eigenvalue weighted by atomic mass is 16.5. The van der Waals surface area contributed by atoms with Crippen molar-refractivity contribution in [1.82, 2.24) is 10.1 Å². The van der Waals surface area contributed by atoms with E-state index in [9.17, 15) is 5.11 Å². The highest BCUT2D eigenvalue weighted by Crippen LogP contribution is 2.37. The molecule has 140 valence electrons. The number of methoxy groups -OCH3 is 1. The Hall–Kier alpha value is -1.85. The first-order chi connectivity index (χ1) is 12.6. The number of aliphatic hydroxyl groups is 1. The van der Waals surface area contributed by atoms with Crippen LogP contribution in [0, 0.1) is 0 Å². The number of rotatable bonds is 5. The van der Waals surface area contributed by atoms with Crippen LogP contribution < -0.4 is 4.74 Å². The van der Waals surface area contributed by atoms with Crippen LogP contribution in [-0.4, -0.2) is 34.9 Å². The van der Waals surface area contributed by atoms with Crippen LogP contribution in [-0.2, 0) is 25.0 Å². The lowest BCUT2D eigenvalue weighted by Crippen LogP contribution is -2.45. The number of benzene rings is 1. The van der Waals surface area contributed by atoms with Gasteiger partial charge >= 0.3 is 0 Å². The minimum absolute atomic E-state index is 0.0758. The van der Waals surface area contributed by atoms with E-state index in [0.717, 1.165) is 61.5 Å². The van der Waals surface area contributed by atoms with Crippen molar-refractivity contribution in [2.45, 2.75) is 63.6 Å². The molecule has 1 aromatic carbocycles. The number of hydrogen-bond acceptors (Lipinski definition) is 5. The fraction of sp³-hybridized carbons (Fsp3) is 0.571. The van der Waals surface area contributed by atoms with Crippen molar-refractivity contribution in [2.24, 2.45) is 0 Å². The van der Waals surface area contributed by atoms with Crippen LogP contribution in [0.1, 0.15) is 55.2 Å². The highest BCUT2D eigenvalue weighted by molar-refractivity contribution is 5.32. The quantitative estimate of drug-likeness (QED) is 0.889. The molecule has 0 amide bonds. The molecule has 26 heavy (non-hydrogen) atoms. The Balaban J connectivity index is 1.54. The van der Waals surface area contributed by atoms with Crippen molar-refractivity contribution in [3.63, 3.8) is 0 Å². The van der Waals surface area contributed by atoms with Crippen molar-refractivity contribution in [3.05, 3.63) is 46.8 Å². The molecule has 1 N–H and O–H groups in total. The Bertz CT molecular complexity index is 751. The Kier molecular flexibility index (Phi) is 4.76. The third-order valence-corrected chi connectivity index (χ3v) is 6.07. The smallest absolute Gasteiger partial charge is 0.140 e. The van der Waals surface area contributed by atoms with Crippen molar-refractivity contribution in [1.29, 1.82) is 0 Å². The summed E-state index contributed by atoms with van der Waals surface area (Å²) >= 11 is 0. The topological polar surface area (TPSA) is 58.7 Å². The Morgan fingerprint density at radius 1 is 1.23 bits per heavy atom. The fourth-order valence-corrected chi connectivity index (χ4v) is 4.54. The predicted molar refractivity (Wildman–Crippen MR) is 99.1 cm³/mol. The van der Waals surface area contributed by atoms with E-state index in [1.165, 1.54) is 18.4 Å². The molecule has 2 heterocycles. The number of nitrogens with zero attached hydrogens (tertiary/aromatic N) is 2. The number of aryl methyl sites for hydroxylation is 1. The molecule has 2 aromatic rings. The van der Waals surface area contributed by atoms with E-state index in [2.05, 4.69) is 10.1 Å². The maximum Gasteiger partial charge on any atom is 0.140 e. The lowest BCUT2D eigenvalue weighted by atomic mass is 9.86. The average Bonchev–Trinajstić information content (AvgIpc) is 3.30. The first-order valence-corrected chi connectivity index (χ1v) is 9.67. The Labute approximate surface area is 154 Å². The molecule has 1 aliphatic heterocycles. The van der Waals surface area contributed by atoms with Crippen LogP contribution >= 0.6 is 0 Å². The first-order valence-electron chi connectivity index (χ1n) is 9.67. The number of hydrogen-bond donors (Lipinski definition) is 1. The second-order valence-electron chi connectivity index (χ2n) is 7.74. The Morgan fingerprint density at radius 3 is 2.77 bits per heavy atom. The zero-order chi connectivity index (χ0) is 18.1. The van der Waals surface area contributed by atoms with Crippen LogP contribution in [0.2, 0.25) is 0 Å². The molecular weight excluding hydrogens is 328 g/mol. The van der Waals surface area contributed by atoms with Gasteiger partial charge in [-0.15, -0.1) is 0 Å². The van der Waals surface area contributed by atoms with Crippen LogP contribution in [0.3, 0.4) is 0 Å². The standard InChI is InChI=1S/C21H28N2O3/c1-21(24,15-9-11-16(25-2)12-10-15)20-8-5-13-23(20)14-18-17-6-3-4-7-19(17)26-22-18/h9-12,20,24H,3-8,13-14H2,1-2H3/t20-,21+/m1/s1. The summed E-state index contributed by atoms with van der Waals surface area (Å²) in [6, 6.07) is 7.83. The molecule has 4 rings (SSSR count). The van der Waals surface area contributed by atoms with E-state index in [1.54, 1.807) is 7.11 Å². The molecule has 5 heteroatoms. The minimum Gasteiger partial charge on any atom is -0.497 e. The molecule has 5 nitrogen and oxygen atoms in total. The Morgan fingerprint density at radius 2 is 2.00 bits per heavy atom. The zero-order valence-electron chi connectivity index (χ0n) is 15.7. The summed E-state index contributed by atoms with van der Waals surface area (Å²) in [7, 11) is 1.66. The molecule has 0 unspecified atom stereocenters. The van der Waals surface area contributed by atoms with Gasteiger partial charge in [-0.05, 0) is 63.3 Å². The van der Waals surface area contributed by atoms with Crippen LogP contribution in [0.4, 0.5) is 0 Å². The van der Waals surface area contributed by atoms with Gasteiger partial charge in [0.05, 0.1) is 7.11 Å². The van der Waals surface area contributed by atoms with Gasteiger partial charge in [-0.2, -0.15) is 0 Å². The van der Waals surface area contributed by atoms with Gasteiger partial charge in [0.25, 0.3) is 0 Å². The van der Waals surface area contributed by atoms with Crippen molar-refractivity contribution < 1.29 is 14.4 Å². The first kappa shape index (κ1) is 17.6. The molecule has 1 aromatic heterocycles. The monoisotopic (exact) mass is 356 g/mol. The maximum absolute atomic E-state index is 11.4. The minimum atomic E-state index is -0.910. The lowest BCUT2D eigenvalue weighted by Gasteiger charge is -2.37. The third-order valence-electron chi connectivity index (χ3n) is 6.07. The number of likely N-dealkylation sites (tertiary alicyclic amines) is 1. The normalized spacial score (nSPS) is 22.8. The van der Waals surface area contributed by atoms with E-state index in [1.807, 2.05) is 31.2 Å². The molecule has 1 aliphatic carbocycles. The second kappa shape index (κ2) is 7.05. The third kappa shape index (κ3) is 3.14. The summed E-state index contributed by atoms with van der Waals surface area (Å²) in [5.41, 5.74) is 2.40. The van der Waals surface area contributed by atoms with Crippen molar-refractivity contribution in [3.8, 4) is 5.75 Å². The summed E-state index contributed by atoms with van der Waals surface area (Å²) in [6.07, 6.45) is 6.57. The van der Waals surface area contributed by atoms with E-state index >= 15 is 0 Å². The molecular formula is C21H28N2O3. The summed E-state index contributed by atoms with van der Waals surface area (Å²) in [6.45, 7) is 3.67. The molecule has 2 atom stereocenters. The molecule has 0 bridgehead atoms. The number of fused-ring (bicyclic) bond motifs is 1. The van der Waals surface area contributed by atoms with E-state index in [4.69, 9.17) is 9.26 Å². The van der Waals surface area contributed by atoms with Crippen molar-refractivity contribution >= 4 is 0 Å². The number of aromatic nitrogens is 1. The van der Waals surface area contributed by atoms with Crippen molar-refractivity contribution in [2.75, 3.05) is 13.7 Å². The van der Waals surface area contributed by atoms with Gasteiger partial charge in [0, 0.05) is 24.6 Å². The van der Waals surface area contributed by atoms with Gasteiger partial charge in [-0.25, -0.2) is 0 Å². The van der Waals surface area contributed by atoms with Gasteiger partial charge in [0.15, 0.2) is 0 Å². The van der Waals surface area contributed by atoms with Gasteiger partial charge < -0.3 is 14.4 Å². The largest absolute Gasteiger partial charge is 0.497 e. The van der Waals surface area contributed by atoms with Crippen LogP contribution in [0.25, 0.3) is 0 Å². The van der Waals surface area contributed by atoms with Gasteiger partial charge in [0.2, 0.25) is 0 Å². The van der Waals surface area contributed by atoms with Gasteiger partial charge in [0.1, 0.15) is 22.8 Å². The molecule has 1 saturated heterocycles. The molecule has 0 spiro atoms. The predicted octanol–water partition coefficient (Wildman–Crippen LogP) is 3.43. The molecule has 0 saturated carbocycles. The van der Waals surface area contributed by atoms with Crippen LogP contribution in [0.15, 0.2) is 28.8 Å². The van der Waals surface area contributed by atoms with Gasteiger partial charge in [-0.1, -0.05) is 17.3 Å². The SMILES string of the molecule is COc1ccc([C@](C)(O)[C@H]2CCCN2Cc2noc3c2CCCC3)cc1. The molecule has 0 radical (unpaired) electrons. The summed E-state index contributed by atoms with van der Waals surface area (Å²) < 4.78 is 10.8. The average molecular weight is 356 g/mol. The van der Waals surface area contributed by atoms with E-state index < -0.39 is 5.60 Å². The van der Waals surface area contributed by atoms with E-state index in [0.29, 0.717) is 0 Å². The van der Waals surface area contributed by atoms with E-state index in [-0.39, 0.29) is 6.04 Å². The molecule has 1 fully saturated rings. The zero-order valence-corrected chi connectivity index (χ0v) is 15.7. The lowest BCUT2D eigenvalue weighted by molar-refractivity contribution is -0.0260. The second-order valence-corrected chi connectivity index (χ2v) is 7.74. The van der Waals surface area contributed by atoms with Crippen LogP contribution in [0.5, 0.6) is 5.75 Å². The summed E-state index contributed by atoms with van der Waals surface area (Å²) in [4.78, 5) is 2.37. The highest BCUT2D eigenvalue weighted by Gasteiger charge is 2.41. The summed E-state index contributed by atoms with van der Waals surface area (Å²) in [5.74, 6) is 1.88. The molecule has 2 aliphatic rings. The fourth-order valence-electron chi connectivity index (χ4n) is 4.54. The number of ether oxygens (including phenoxy) is 1. The summed E-state index contributed by atoms with van der Waals surface area (Å²) in [5, 5.41) is 15.7.